The highest BCUT2D eigenvalue weighted by Gasteiger charge is 2.23. The summed E-state index contributed by atoms with van der Waals surface area (Å²) in [5, 5.41) is 9.89. The number of nitrogens with one attached hydrogen (secondary N) is 2. The number of carbonyl (C=O) groups is 1. The van der Waals surface area contributed by atoms with Gasteiger partial charge >= 0.3 is 5.97 Å². The molecular formula is C25H22F2N2O4S. The molecule has 34 heavy (non-hydrogen) atoms. The van der Waals surface area contributed by atoms with Crippen LogP contribution in [-0.2, 0) is 15.4 Å². The van der Waals surface area contributed by atoms with Crippen LogP contribution in [0.25, 0.3) is 22.0 Å². The molecule has 0 aliphatic heterocycles. The summed E-state index contributed by atoms with van der Waals surface area (Å²) in [4.78, 5) is 14.6. The third-order valence-corrected chi connectivity index (χ3v) is 6.89. The summed E-state index contributed by atoms with van der Waals surface area (Å²) in [5.74, 6) is -3.08. The Morgan fingerprint density at radius 3 is 2.24 bits per heavy atom. The average Bonchev–Trinajstić information content (AvgIpc) is 3.12. The van der Waals surface area contributed by atoms with E-state index in [1.54, 1.807) is 12.1 Å². The van der Waals surface area contributed by atoms with E-state index in [1.807, 2.05) is 20.8 Å². The zero-order valence-electron chi connectivity index (χ0n) is 18.6. The fourth-order valence-corrected chi connectivity index (χ4v) is 4.79. The zero-order valence-corrected chi connectivity index (χ0v) is 19.4. The van der Waals surface area contributed by atoms with Crippen LogP contribution in [0.5, 0.6) is 0 Å². The highest BCUT2D eigenvalue weighted by molar-refractivity contribution is 7.92. The number of hydrogen-bond donors (Lipinski definition) is 3. The van der Waals surface area contributed by atoms with Crippen LogP contribution in [0.1, 0.15) is 36.8 Å². The van der Waals surface area contributed by atoms with Crippen molar-refractivity contribution in [2.24, 2.45) is 0 Å². The molecule has 6 nitrogen and oxygen atoms in total. The van der Waals surface area contributed by atoms with Crippen LogP contribution in [0.2, 0.25) is 0 Å². The van der Waals surface area contributed by atoms with Gasteiger partial charge in [0.25, 0.3) is 10.0 Å². The number of aromatic nitrogens is 1. The Morgan fingerprint density at radius 1 is 0.971 bits per heavy atom. The van der Waals surface area contributed by atoms with E-state index in [2.05, 4.69) is 9.71 Å². The standard InChI is InChI=1S/C25H22F2N2O4S/c1-25(2,3)14-4-8-17(9-5-14)34(32,33)29-16-7-11-21-19(13-16)22(23(28-21)24(30)31)18-10-6-15(26)12-20(18)27/h4-13,28-29H,1-3H3,(H,30,31). The lowest BCUT2D eigenvalue weighted by molar-refractivity contribution is 0.0692. The molecule has 0 fully saturated rings. The molecule has 9 heteroatoms. The van der Waals surface area contributed by atoms with E-state index in [9.17, 15) is 27.1 Å². The number of aromatic amines is 1. The largest absolute Gasteiger partial charge is 0.477 e. The van der Waals surface area contributed by atoms with Gasteiger partial charge in [-0.15, -0.1) is 0 Å². The van der Waals surface area contributed by atoms with E-state index in [4.69, 9.17) is 0 Å². The van der Waals surface area contributed by atoms with Gasteiger partial charge in [0.1, 0.15) is 17.3 Å². The molecule has 0 spiro atoms. The number of H-pyrrole nitrogens is 1. The molecule has 0 atom stereocenters. The second kappa shape index (κ2) is 8.25. The maximum absolute atomic E-state index is 14.5. The average molecular weight is 485 g/mol. The Bertz CT molecular complexity index is 1520. The highest BCUT2D eigenvalue weighted by Crippen LogP contribution is 2.36. The first-order chi connectivity index (χ1) is 15.9. The summed E-state index contributed by atoms with van der Waals surface area (Å²) in [7, 11) is -3.95. The van der Waals surface area contributed by atoms with Crippen molar-refractivity contribution in [2.75, 3.05) is 4.72 Å². The smallest absolute Gasteiger partial charge is 0.352 e. The maximum Gasteiger partial charge on any atom is 0.352 e. The first kappa shape index (κ1) is 23.4. The molecule has 0 aliphatic carbocycles. The first-order valence-corrected chi connectivity index (χ1v) is 11.8. The van der Waals surface area contributed by atoms with Gasteiger partial charge < -0.3 is 10.1 Å². The van der Waals surface area contributed by atoms with Crippen LogP contribution in [0.3, 0.4) is 0 Å². The van der Waals surface area contributed by atoms with Crippen LogP contribution < -0.4 is 4.72 Å². The molecule has 0 saturated carbocycles. The number of carboxylic acid groups (broad SMARTS) is 1. The summed E-state index contributed by atoms with van der Waals surface area (Å²) in [6.07, 6.45) is 0. The molecule has 0 aliphatic rings. The molecule has 1 aromatic heterocycles. The molecule has 0 unspecified atom stereocenters. The van der Waals surface area contributed by atoms with Crippen LogP contribution in [0.15, 0.2) is 65.6 Å². The minimum Gasteiger partial charge on any atom is -0.477 e. The van der Waals surface area contributed by atoms with Gasteiger partial charge in [-0.1, -0.05) is 32.9 Å². The zero-order chi connectivity index (χ0) is 24.8. The lowest BCUT2D eigenvalue weighted by Gasteiger charge is -2.19. The van der Waals surface area contributed by atoms with Crippen LogP contribution >= 0.6 is 0 Å². The molecule has 0 bridgehead atoms. The van der Waals surface area contributed by atoms with Gasteiger partial charge in [-0.2, -0.15) is 0 Å². The van der Waals surface area contributed by atoms with Crippen molar-refractivity contribution < 1.29 is 27.1 Å². The van der Waals surface area contributed by atoms with Crippen molar-refractivity contribution in [1.82, 2.24) is 4.98 Å². The maximum atomic E-state index is 14.5. The molecule has 0 radical (unpaired) electrons. The normalized spacial score (nSPS) is 12.1. The third-order valence-electron chi connectivity index (χ3n) is 5.50. The Kier molecular flexibility index (Phi) is 5.69. The molecule has 3 N–H and O–H groups in total. The molecule has 4 rings (SSSR count). The van der Waals surface area contributed by atoms with Crippen molar-refractivity contribution in [3.05, 3.63) is 83.6 Å². The minimum atomic E-state index is -3.95. The summed E-state index contributed by atoms with van der Waals surface area (Å²) >= 11 is 0. The minimum absolute atomic E-state index is 0.00409. The second-order valence-electron chi connectivity index (χ2n) is 8.94. The Morgan fingerprint density at radius 2 is 1.65 bits per heavy atom. The van der Waals surface area contributed by atoms with Crippen LogP contribution in [0, 0.1) is 11.6 Å². The molecule has 3 aromatic carbocycles. The molecule has 0 amide bonds. The third kappa shape index (κ3) is 4.38. The quantitative estimate of drug-likeness (QED) is 0.328. The number of fused-ring (bicyclic) bond motifs is 1. The number of aromatic carboxylic acids is 1. The summed E-state index contributed by atoms with van der Waals surface area (Å²) in [6, 6.07) is 13.7. The number of rotatable bonds is 5. The SMILES string of the molecule is CC(C)(C)c1ccc(S(=O)(=O)Nc2ccc3[nH]c(C(=O)O)c(-c4ccc(F)cc4F)c3c2)cc1. The number of halogens is 2. The number of carboxylic acids is 1. The van der Waals surface area contributed by atoms with Crippen LogP contribution in [0.4, 0.5) is 14.5 Å². The lowest BCUT2D eigenvalue weighted by atomic mass is 9.87. The van der Waals surface area contributed by atoms with E-state index in [-0.39, 0.29) is 38.2 Å². The van der Waals surface area contributed by atoms with Gasteiger partial charge in [0.2, 0.25) is 0 Å². The first-order valence-electron chi connectivity index (χ1n) is 10.3. The molecule has 0 saturated heterocycles. The number of hydrogen-bond acceptors (Lipinski definition) is 3. The fourth-order valence-electron chi connectivity index (χ4n) is 3.74. The van der Waals surface area contributed by atoms with E-state index in [0.717, 1.165) is 17.7 Å². The summed E-state index contributed by atoms with van der Waals surface area (Å²) < 4.78 is 56.3. The van der Waals surface area contributed by atoms with E-state index in [0.29, 0.717) is 11.6 Å². The second-order valence-corrected chi connectivity index (χ2v) is 10.6. The van der Waals surface area contributed by atoms with Gasteiger partial charge in [0, 0.05) is 33.8 Å². The number of benzene rings is 3. The van der Waals surface area contributed by atoms with Crippen molar-refractivity contribution in [1.29, 1.82) is 0 Å². The van der Waals surface area contributed by atoms with E-state index >= 15 is 0 Å². The lowest BCUT2D eigenvalue weighted by Crippen LogP contribution is -2.14. The predicted octanol–water partition coefficient (Wildman–Crippen LogP) is 5.91. The number of sulfonamides is 1. The monoisotopic (exact) mass is 484 g/mol. The Hall–Kier alpha value is -3.72. The van der Waals surface area contributed by atoms with E-state index in [1.165, 1.54) is 30.3 Å². The number of anilines is 1. The highest BCUT2D eigenvalue weighted by atomic mass is 32.2. The van der Waals surface area contributed by atoms with Crippen molar-refractivity contribution in [3.8, 4) is 11.1 Å². The van der Waals surface area contributed by atoms with Gasteiger partial charge in [-0.3, -0.25) is 4.72 Å². The van der Waals surface area contributed by atoms with Gasteiger partial charge in [-0.25, -0.2) is 22.0 Å². The molecule has 4 aromatic rings. The van der Waals surface area contributed by atoms with E-state index < -0.39 is 27.6 Å². The van der Waals surface area contributed by atoms with Crippen molar-refractivity contribution in [3.63, 3.8) is 0 Å². The molecule has 1 heterocycles. The summed E-state index contributed by atoms with van der Waals surface area (Å²) in [6.45, 7) is 6.06. The molecular weight excluding hydrogens is 462 g/mol. The van der Waals surface area contributed by atoms with Crippen molar-refractivity contribution >= 4 is 32.6 Å². The van der Waals surface area contributed by atoms with Gasteiger partial charge in [-0.05, 0) is 53.4 Å². The van der Waals surface area contributed by atoms with Crippen LogP contribution in [-0.4, -0.2) is 24.5 Å². The van der Waals surface area contributed by atoms with Gasteiger partial charge in [0.05, 0.1) is 4.90 Å². The Balaban J connectivity index is 1.78. The predicted molar refractivity (Wildman–Crippen MR) is 127 cm³/mol. The van der Waals surface area contributed by atoms with Crippen molar-refractivity contribution in [2.45, 2.75) is 31.1 Å². The topological polar surface area (TPSA) is 99.3 Å². The Labute approximate surface area is 195 Å². The van der Waals surface area contributed by atoms with Gasteiger partial charge in [0.15, 0.2) is 0 Å². The fraction of sp³-hybridized carbons (Fsp3) is 0.160. The molecule has 176 valence electrons. The summed E-state index contributed by atoms with van der Waals surface area (Å²) in [5.41, 5.74) is 0.938.